The topological polar surface area (TPSA) is 35.5 Å². The first-order valence-corrected chi connectivity index (χ1v) is 6.29. The van der Waals surface area contributed by atoms with Crippen LogP contribution in [0.1, 0.15) is 26.3 Å². The molecule has 0 heterocycles. The monoisotopic (exact) mass is 318 g/mol. The number of benzene rings is 1. The molecule has 0 radical (unpaired) electrons. The second kappa shape index (κ2) is 5.69. The highest BCUT2D eigenvalue weighted by Crippen LogP contribution is 2.30. The second-order valence-electron chi connectivity index (χ2n) is 4.88. The van der Waals surface area contributed by atoms with Gasteiger partial charge in [0.25, 0.3) is 0 Å². The predicted molar refractivity (Wildman–Crippen MR) is 70.2 cm³/mol. The Kier molecular flexibility index (Phi) is 4.73. The van der Waals surface area contributed by atoms with Crippen LogP contribution in [-0.2, 0) is 9.53 Å². The van der Waals surface area contributed by atoms with E-state index < -0.39 is 17.4 Å². The van der Waals surface area contributed by atoms with Gasteiger partial charge >= 0.3 is 5.97 Å². The molecule has 0 amide bonds. The summed E-state index contributed by atoms with van der Waals surface area (Å²) in [5, 5.41) is 0. The molecule has 100 valence electrons. The maximum absolute atomic E-state index is 13.7. The van der Waals surface area contributed by atoms with Gasteiger partial charge < -0.3 is 9.47 Å². The van der Waals surface area contributed by atoms with Gasteiger partial charge in [-0.25, -0.2) is 9.18 Å². The molecule has 0 unspecified atom stereocenters. The molecule has 0 spiro atoms. The normalized spacial score (nSPS) is 11.2. The molecular formula is C13H16BrFO3. The van der Waals surface area contributed by atoms with Crippen molar-refractivity contribution in [1.82, 2.24) is 0 Å². The van der Waals surface area contributed by atoms with Gasteiger partial charge in [-0.2, -0.15) is 0 Å². The van der Waals surface area contributed by atoms with E-state index in [-0.39, 0.29) is 12.4 Å². The second-order valence-corrected chi connectivity index (χ2v) is 5.74. The van der Waals surface area contributed by atoms with E-state index in [0.717, 1.165) is 0 Å². The quantitative estimate of drug-likeness (QED) is 0.798. The zero-order chi connectivity index (χ0) is 13.9. The number of esters is 1. The molecule has 0 N–H and O–H groups in total. The van der Waals surface area contributed by atoms with E-state index in [0.29, 0.717) is 10.0 Å². The van der Waals surface area contributed by atoms with E-state index in [1.165, 1.54) is 0 Å². The van der Waals surface area contributed by atoms with Crippen molar-refractivity contribution in [1.29, 1.82) is 0 Å². The third kappa shape index (κ3) is 4.29. The SMILES string of the molecule is Cc1ccc(Br)c(OCC(=O)OC(C)(C)C)c1F. The summed E-state index contributed by atoms with van der Waals surface area (Å²) in [5.41, 5.74) is -0.125. The van der Waals surface area contributed by atoms with Crippen LogP contribution >= 0.6 is 15.9 Å². The fourth-order valence-corrected chi connectivity index (χ4v) is 1.69. The van der Waals surface area contributed by atoms with Crippen LogP contribution in [0.4, 0.5) is 4.39 Å². The first-order valence-electron chi connectivity index (χ1n) is 5.50. The van der Waals surface area contributed by atoms with Crippen LogP contribution in [0, 0.1) is 12.7 Å². The molecule has 0 aliphatic heterocycles. The van der Waals surface area contributed by atoms with Crippen molar-refractivity contribution in [3.8, 4) is 5.75 Å². The van der Waals surface area contributed by atoms with E-state index in [2.05, 4.69) is 15.9 Å². The number of aryl methyl sites for hydroxylation is 1. The van der Waals surface area contributed by atoms with Crippen LogP contribution in [0.25, 0.3) is 0 Å². The summed E-state index contributed by atoms with van der Waals surface area (Å²) in [4.78, 5) is 11.5. The summed E-state index contributed by atoms with van der Waals surface area (Å²) in [5.74, 6) is -0.982. The van der Waals surface area contributed by atoms with Crippen molar-refractivity contribution < 1.29 is 18.7 Å². The van der Waals surface area contributed by atoms with E-state index in [4.69, 9.17) is 9.47 Å². The molecule has 0 saturated heterocycles. The first-order chi connectivity index (χ1) is 8.20. The summed E-state index contributed by atoms with van der Waals surface area (Å²) in [6.07, 6.45) is 0. The zero-order valence-corrected chi connectivity index (χ0v) is 12.4. The number of rotatable bonds is 3. The molecule has 0 aromatic heterocycles. The molecule has 1 aromatic carbocycles. The molecule has 0 aliphatic rings. The lowest BCUT2D eigenvalue weighted by molar-refractivity contribution is -0.157. The molecule has 5 heteroatoms. The molecule has 3 nitrogen and oxygen atoms in total. The van der Waals surface area contributed by atoms with Crippen LogP contribution in [0.15, 0.2) is 16.6 Å². The van der Waals surface area contributed by atoms with Gasteiger partial charge in [0.1, 0.15) is 5.60 Å². The minimum atomic E-state index is -0.581. The maximum Gasteiger partial charge on any atom is 0.344 e. The molecule has 18 heavy (non-hydrogen) atoms. The number of carbonyl (C=O) groups excluding carboxylic acids is 1. The Hall–Kier alpha value is -1.10. The van der Waals surface area contributed by atoms with Crippen molar-refractivity contribution >= 4 is 21.9 Å². The Labute approximate surface area is 114 Å². The van der Waals surface area contributed by atoms with Crippen molar-refractivity contribution in [2.75, 3.05) is 6.61 Å². The number of hydrogen-bond donors (Lipinski definition) is 0. The highest BCUT2D eigenvalue weighted by molar-refractivity contribution is 9.10. The van der Waals surface area contributed by atoms with Gasteiger partial charge in [-0.3, -0.25) is 0 Å². The van der Waals surface area contributed by atoms with Gasteiger partial charge in [-0.05, 0) is 55.3 Å². The highest BCUT2D eigenvalue weighted by atomic mass is 79.9. The Morgan fingerprint density at radius 2 is 2.00 bits per heavy atom. The summed E-state index contributed by atoms with van der Waals surface area (Å²) in [6.45, 7) is 6.58. The number of ether oxygens (including phenoxy) is 2. The van der Waals surface area contributed by atoms with Crippen LogP contribution in [0.2, 0.25) is 0 Å². The molecule has 0 saturated carbocycles. The predicted octanol–water partition coefficient (Wildman–Crippen LogP) is 3.62. The first kappa shape index (κ1) is 15.0. The third-order valence-corrected chi connectivity index (χ3v) is 2.62. The number of carbonyl (C=O) groups is 1. The molecule has 0 bridgehead atoms. The average molecular weight is 319 g/mol. The minimum absolute atomic E-state index is 0.0286. The maximum atomic E-state index is 13.7. The van der Waals surface area contributed by atoms with Crippen molar-refractivity contribution in [2.24, 2.45) is 0 Å². The van der Waals surface area contributed by atoms with Gasteiger partial charge in [0, 0.05) is 0 Å². The standard InChI is InChI=1S/C13H16BrFO3/c1-8-5-6-9(14)12(11(8)15)17-7-10(16)18-13(2,3)4/h5-6H,7H2,1-4H3. The van der Waals surface area contributed by atoms with Crippen molar-refractivity contribution in [3.63, 3.8) is 0 Å². The Morgan fingerprint density at radius 1 is 1.39 bits per heavy atom. The Balaban J connectivity index is 2.70. The number of hydrogen-bond acceptors (Lipinski definition) is 3. The van der Waals surface area contributed by atoms with Crippen LogP contribution < -0.4 is 4.74 Å². The van der Waals surface area contributed by atoms with Crippen LogP contribution in [0.5, 0.6) is 5.75 Å². The van der Waals surface area contributed by atoms with Crippen LogP contribution in [0.3, 0.4) is 0 Å². The lowest BCUT2D eigenvalue weighted by Gasteiger charge is -2.19. The average Bonchev–Trinajstić information content (AvgIpc) is 2.21. The molecular weight excluding hydrogens is 303 g/mol. The summed E-state index contributed by atoms with van der Waals surface area (Å²) >= 11 is 3.18. The lowest BCUT2D eigenvalue weighted by atomic mass is 10.2. The van der Waals surface area contributed by atoms with Gasteiger partial charge in [0.05, 0.1) is 4.47 Å². The zero-order valence-electron chi connectivity index (χ0n) is 10.8. The summed E-state index contributed by atoms with van der Waals surface area (Å²) in [7, 11) is 0. The van der Waals surface area contributed by atoms with E-state index >= 15 is 0 Å². The van der Waals surface area contributed by atoms with E-state index in [1.54, 1.807) is 39.8 Å². The molecule has 1 rings (SSSR count). The van der Waals surface area contributed by atoms with Gasteiger partial charge in [-0.15, -0.1) is 0 Å². The number of halogens is 2. The van der Waals surface area contributed by atoms with Crippen molar-refractivity contribution in [2.45, 2.75) is 33.3 Å². The molecule has 0 fully saturated rings. The summed E-state index contributed by atoms with van der Waals surface area (Å²) < 4.78 is 24.4. The fraction of sp³-hybridized carbons (Fsp3) is 0.462. The fourth-order valence-electron chi connectivity index (χ4n) is 1.27. The minimum Gasteiger partial charge on any atom is -0.478 e. The van der Waals surface area contributed by atoms with E-state index in [9.17, 15) is 9.18 Å². The third-order valence-electron chi connectivity index (χ3n) is 2.00. The summed E-state index contributed by atoms with van der Waals surface area (Å²) in [6, 6.07) is 3.29. The highest BCUT2D eigenvalue weighted by Gasteiger charge is 2.18. The molecule has 0 atom stereocenters. The van der Waals surface area contributed by atoms with Crippen LogP contribution in [-0.4, -0.2) is 18.2 Å². The van der Waals surface area contributed by atoms with Gasteiger partial charge in [0.2, 0.25) is 0 Å². The Morgan fingerprint density at radius 3 is 2.56 bits per heavy atom. The van der Waals surface area contributed by atoms with Gasteiger partial charge in [0.15, 0.2) is 18.2 Å². The van der Waals surface area contributed by atoms with Gasteiger partial charge in [-0.1, -0.05) is 6.07 Å². The Bertz CT molecular complexity index is 452. The smallest absolute Gasteiger partial charge is 0.344 e. The molecule has 1 aromatic rings. The largest absolute Gasteiger partial charge is 0.478 e. The molecule has 0 aliphatic carbocycles. The van der Waals surface area contributed by atoms with Crippen molar-refractivity contribution in [3.05, 3.63) is 28.0 Å². The van der Waals surface area contributed by atoms with E-state index in [1.807, 2.05) is 0 Å². The lowest BCUT2D eigenvalue weighted by Crippen LogP contribution is -2.27.